The number of benzene rings is 1. The van der Waals surface area contributed by atoms with Crippen molar-refractivity contribution in [3.05, 3.63) is 23.8 Å². The Kier molecular flexibility index (Phi) is 8.27. The largest absolute Gasteiger partial charge is 0.478 e. The number of carboxylic acid groups (broad SMARTS) is 1. The van der Waals surface area contributed by atoms with Crippen LogP contribution in [0.1, 0.15) is 51.9 Å². The van der Waals surface area contributed by atoms with Crippen molar-refractivity contribution in [2.24, 2.45) is 5.92 Å². The average Bonchev–Trinajstić information content (AvgIpc) is 3.24. The molecule has 0 saturated carbocycles. The van der Waals surface area contributed by atoms with Crippen molar-refractivity contribution in [3.8, 4) is 11.4 Å². The molecule has 34 heavy (non-hydrogen) atoms. The van der Waals surface area contributed by atoms with Crippen LogP contribution in [0.3, 0.4) is 0 Å². The lowest BCUT2D eigenvalue weighted by molar-refractivity contribution is -0.128. The van der Waals surface area contributed by atoms with Crippen molar-refractivity contribution in [1.82, 2.24) is 31.3 Å². The zero-order valence-corrected chi connectivity index (χ0v) is 19.8. The standard InChI is InChI=1S/C21H29N7O6/c1-10(2)15(24-20(33)34-21(4,5)6)18(30)22-11(3)17(29)23-12-7-8-13(19(31)32)14(9-12)16-25-27-28-26-16/h7-11,15H,1-6H3,(H,22,30)(H,23,29)(H,24,33)(H,31,32)(H,25,26,27,28)/t11-,15-/m0/s1. The highest BCUT2D eigenvalue weighted by Crippen LogP contribution is 2.24. The van der Waals surface area contributed by atoms with Gasteiger partial charge in [0.05, 0.1) is 5.56 Å². The zero-order chi connectivity index (χ0) is 25.6. The number of aromatic carboxylic acids is 1. The van der Waals surface area contributed by atoms with Gasteiger partial charge in [0.25, 0.3) is 0 Å². The molecule has 13 nitrogen and oxygen atoms in total. The minimum absolute atomic E-state index is 0.0443. The normalized spacial score (nSPS) is 13.0. The van der Waals surface area contributed by atoms with Gasteiger partial charge in [0.1, 0.15) is 17.7 Å². The Bertz CT molecular complexity index is 1050. The number of tetrazole rings is 1. The number of aromatic nitrogens is 4. The van der Waals surface area contributed by atoms with Crippen LogP contribution in [0.5, 0.6) is 0 Å². The minimum Gasteiger partial charge on any atom is -0.478 e. The van der Waals surface area contributed by atoms with E-state index in [2.05, 4.69) is 36.6 Å². The van der Waals surface area contributed by atoms with Crippen LogP contribution in [0.4, 0.5) is 10.5 Å². The molecule has 1 heterocycles. The maximum atomic E-state index is 12.7. The summed E-state index contributed by atoms with van der Waals surface area (Å²) in [5, 5.41) is 30.3. The predicted octanol–water partition coefficient (Wildman–Crippen LogP) is 1.56. The molecule has 5 N–H and O–H groups in total. The van der Waals surface area contributed by atoms with E-state index in [1.54, 1.807) is 34.6 Å². The van der Waals surface area contributed by atoms with Crippen LogP contribution in [0.15, 0.2) is 18.2 Å². The average molecular weight is 476 g/mol. The number of carboxylic acids is 1. The van der Waals surface area contributed by atoms with E-state index in [1.165, 1.54) is 25.1 Å². The summed E-state index contributed by atoms with van der Waals surface area (Å²) in [4.78, 5) is 49.0. The molecule has 1 aromatic carbocycles. The number of amides is 3. The zero-order valence-electron chi connectivity index (χ0n) is 19.8. The monoisotopic (exact) mass is 475 g/mol. The van der Waals surface area contributed by atoms with Gasteiger partial charge in [-0.3, -0.25) is 9.59 Å². The topological polar surface area (TPSA) is 188 Å². The summed E-state index contributed by atoms with van der Waals surface area (Å²) in [5.41, 5.74) is -0.389. The van der Waals surface area contributed by atoms with Gasteiger partial charge in [0, 0.05) is 11.3 Å². The van der Waals surface area contributed by atoms with Crippen molar-refractivity contribution < 1.29 is 29.0 Å². The van der Waals surface area contributed by atoms with Gasteiger partial charge in [0.2, 0.25) is 17.6 Å². The highest BCUT2D eigenvalue weighted by atomic mass is 16.6. The third-order valence-electron chi connectivity index (χ3n) is 4.48. The van der Waals surface area contributed by atoms with E-state index in [4.69, 9.17) is 4.74 Å². The number of H-pyrrole nitrogens is 1. The summed E-state index contributed by atoms with van der Waals surface area (Å²) in [6, 6.07) is 2.20. The number of rotatable bonds is 8. The molecule has 0 unspecified atom stereocenters. The van der Waals surface area contributed by atoms with E-state index in [0.717, 1.165) is 0 Å². The van der Waals surface area contributed by atoms with E-state index in [1.807, 2.05) is 0 Å². The van der Waals surface area contributed by atoms with Crippen LogP contribution in [-0.4, -0.2) is 67.3 Å². The van der Waals surface area contributed by atoms with Gasteiger partial charge < -0.3 is 25.8 Å². The Morgan fingerprint density at radius 1 is 1.06 bits per heavy atom. The first-order valence-electron chi connectivity index (χ1n) is 10.5. The highest BCUT2D eigenvalue weighted by Gasteiger charge is 2.29. The van der Waals surface area contributed by atoms with E-state index in [0.29, 0.717) is 0 Å². The number of alkyl carbamates (subject to hydrolysis) is 1. The second kappa shape index (κ2) is 10.7. The molecule has 0 radical (unpaired) electrons. The SMILES string of the molecule is CC(C)[C@H](NC(=O)OC(C)(C)C)C(=O)N[C@@H](C)C(=O)Nc1ccc(C(=O)O)c(-c2nn[nH]n2)c1. The maximum Gasteiger partial charge on any atom is 0.408 e. The van der Waals surface area contributed by atoms with Crippen molar-refractivity contribution in [3.63, 3.8) is 0 Å². The first-order chi connectivity index (χ1) is 15.8. The molecule has 0 bridgehead atoms. The molecule has 3 amide bonds. The molecule has 0 aliphatic rings. The van der Waals surface area contributed by atoms with Crippen LogP contribution in [0.2, 0.25) is 0 Å². The van der Waals surface area contributed by atoms with E-state index >= 15 is 0 Å². The van der Waals surface area contributed by atoms with Gasteiger partial charge in [-0.2, -0.15) is 5.21 Å². The number of carbonyl (C=O) groups excluding carboxylic acids is 3. The molecule has 0 fully saturated rings. The van der Waals surface area contributed by atoms with Crippen LogP contribution in [-0.2, 0) is 14.3 Å². The predicted molar refractivity (Wildman–Crippen MR) is 121 cm³/mol. The number of aromatic amines is 1. The minimum atomic E-state index is -1.20. The Balaban J connectivity index is 2.09. The molecule has 13 heteroatoms. The van der Waals surface area contributed by atoms with Crippen LogP contribution in [0.25, 0.3) is 11.4 Å². The highest BCUT2D eigenvalue weighted by molar-refractivity contribution is 6.00. The van der Waals surface area contributed by atoms with Crippen LogP contribution in [0, 0.1) is 5.92 Å². The molecule has 1 aromatic heterocycles. The fourth-order valence-corrected chi connectivity index (χ4v) is 2.86. The Morgan fingerprint density at radius 3 is 2.26 bits per heavy atom. The molecule has 184 valence electrons. The molecule has 0 spiro atoms. The third kappa shape index (κ3) is 7.25. The second-order valence-corrected chi connectivity index (χ2v) is 8.89. The lowest BCUT2D eigenvalue weighted by Gasteiger charge is -2.26. The molecule has 2 rings (SSSR count). The molecule has 2 atom stereocenters. The van der Waals surface area contributed by atoms with Gasteiger partial charge >= 0.3 is 12.1 Å². The Labute approximate surface area is 196 Å². The number of hydrogen-bond donors (Lipinski definition) is 5. The van der Waals surface area contributed by atoms with Crippen molar-refractivity contribution >= 4 is 29.6 Å². The number of anilines is 1. The quantitative estimate of drug-likeness (QED) is 0.377. The first kappa shape index (κ1) is 26.2. The summed E-state index contributed by atoms with van der Waals surface area (Å²) in [6.07, 6.45) is -0.744. The molecular weight excluding hydrogens is 446 g/mol. The molecule has 0 aliphatic heterocycles. The first-order valence-corrected chi connectivity index (χ1v) is 10.5. The molecule has 0 aliphatic carbocycles. The van der Waals surface area contributed by atoms with Gasteiger partial charge in [0.15, 0.2) is 0 Å². The molecule has 0 saturated heterocycles. The van der Waals surface area contributed by atoms with Gasteiger partial charge in [-0.05, 0) is 57.0 Å². The fraction of sp³-hybridized carbons (Fsp3) is 0.476. The molecular formula is C21H29N7O6. The number of nitrogens with zero attached hydrogens (tertiary/aromatic N) is 3. The Morgan fingerprint density at radius 2 is 1.74 bits per heavy atom. The number of ether oxygens (including phenoxy) is 1. The van der Waals surface area contributed by atoms with Crippen LogP contribution < -0.4 is 16.0 Å². The number of hydrogen-bond acceptors (Lipinski definition) is 8. The van der Waals surface area contributed by atoms with E-state index in [9.17, 15) is 24.3 Å². The summed E-state index contributed by atoms with van der Waals surface area (Å²) in [7, 11) is 0. The lowest BCUT2D eigenvalue weighted by Crippen LogP contribution is -2.54. The summed E-state index contributed by atoms with van der Waals surface area (Å²) in [6.45, 7) is 10.1. The summed E-state index contributed by atoms with van der Waals surface area (Å²) < 4.78 is 5.20. The maximum absolute atomic E-state index is 12.7. The second-order valence-electron chi connectivity index (χ2n) is 8.89. The van der Waals surface area contributed by atoms with Crippen molar-refractivity contribution in [2.45, 2.75) is 59.2 Å². The van der Waals surface area contributed by atoms with E-state index < -0.39 is 41.6 Å². The molecule has 2 aromatic rings. The summed E-state index contributed by atoms with van der Waals surface area (Å²) in [5.74, 6) is -2.55. The van der Waals surface area contributed by atoms with Crippen molar-refractivity contribution in [1.29, 1.82) is 0 Å². The van der Waals surface area contributed by atoms with Crippen LogP contribution >= 0.6 is 0 Å². The number of nitrogens with one attached hydrogen (secondary N) is 4. The smallest absolute Gasteiger partial charge is 0.408 e. The summed E-state index contributed by atoms with van der Waals surface area (Å²) >= 11 is 0. The third-order valence-corrected chi connectivity index (χ3v) is 4.48. The fourth-order valence-electron chi connectivity index (χ4n) is 2.86. The number of carbonyl (C=O) groups is 4. The van der Waals surface area contributed by atoms with Gasteiger partial charge in [-0.1, -0.05) is 13.8 Å². The Hall–Kier alpha value is -4.03. The van der Waals surface area contributed by atoms with Gasteiger partial charge in [-0.15, -0.1) is 10.2 Å². The van der Waals surface area contributed by atoms with E-state index in [-0.39, 0.29) is 28.6 Å². The van der Waals surface area contributed by atoms with Gasteiger partial charge in [-0.25, -0.2) is 9.59 Å². The lowest BCUT2D eigenvalue weighted by atomic mass is 10.0. The van der Waals surface area contributed by atoms with Crippen molar-refractivity contribution in [2.75, 3.05) is 5.32 Å².